The monoisotopic (exact) mass is 298 g/mol. The molecule has 3 aliphatic rings. The lowest BCUT2D eigenvalue weighted by Crippen LogP contribution is -2.59. The molecule has 2 bridgehead atoms. The maximum atomic E-state index is 5.89. The van der Waals surface area contributed by atoms with Crippen LogP contribution in [0.3, 0.4) is 0 Å². The summed E-state index contributed by atoms with van der Waals surface area (Å²) < 4.78 is 17.7. The highest BCUT2D eigenvalue weighted by atomic mass is 16.9. The van der Waals surface area contributed by atoms with Gasteiger partial charge in [-0.25, -0.2) is 0 Å². The molecule has 0 aromatic rings. The van der Waals surface area contributed by atoms with Crippen LogP contribution >= 0.6 is 0 Å². The van der Waals surface area contributed by atoms with Crippen molar-refractivity contribution in [3.05, 3.63) is 0 Å². The van der Waals surface area contributed by atoms with E-state index >= 15 is 0 Å². The van der Waals surface area contributed by atoms with Crippen molar-refractivity contribution in [3.63, 3.8) is 0 Å². The van der Waals surface area contributed by atoms with Crippen molar-refractivity contribution in [3.8, 4) is 0 Å². The third-order valence-corrected chi connectivity index (χ3v) is 5.13. The van der Waals surface area contributed by atoms with Crippen LogP contribution in [-0.4, -0.2) is 25.8 Å². The lowest BCUT2D eigenvalue weighted by atomic mass is 9.86. The summed E-state index contributed by atoms with van der Waals surface area (Å²) >= 11 is 0. The largest absolute Gasteiger partial charge is 0.327 e. The van der Waals surface area contributed by atoms with Crippen LogP contribution in [0, 0.1) is 5.41 Å². The van der Waals surface area contributed by atoms with Gasteiger partial charge in [0.1, 0.15) is 0 Å². The zero-order valence-corrected chi connectivity index (χ0v) is 14.1. The van der Waals surface area contributed by atoms with Gasteiger partial charge in [-0.3, -0.25) is 0 Å². The molecular formula is C18H34O3. The van der Waals surface area contributed by atoms with Gasteiger partial charge in [0.2, 0.25) is 0 Å². The third-order valence-electron chi connectivity index (χ3n) is 5.13. The lowest BCUT2D eigenvalue weighted by molar-refractivity contribution is -0.470. The summed E-state index contributed by atoms with van der Waals surface area (Å²) in [5, 5.41) is 0. The number of ether oxygens (including phenoxy) is 3. The first kappa shape index (κ1) is 17.2. The van der Waals surface area contributed by atoms with Gasteiger partial charge in [-0.2, -0.15) is 0 Å². The van der Waals surface area contributed by atoms with E-state index in [0.29, 0.717) is 0 Å². The molecule has 3 heterocycles. The van der Waals surface area contributed by atoms with Crippen LogP contribution in [0.15, 0.2) is 0 Å². The number of unbranched alkanes of at least 4 members (excludes halogenated alkanes) is 8. The normalized spacial score (nSPS) is 31.7. The number of hydrogen-bond donors (Lipinski definition) is 0. The molecule has 3 saturated heterocycles. The summed E-state index contributed by atoms with van der Waals surface area (Å²) in [4.78, 5) is 0. The Morgan fingerprint density at radius 3 is 1.62 bits per heavy atom. The van der Waals surface area contributed by atoms with Crippen molar-refractivity contribution < 1.29 is 14.2 Å². The van der Waals surface area contributed by atoms with E-state index in [0.717, 1.165) is 39.1 Å². The molecule has 3 fully saturated rings. The van der Waals surface area contributed by atoms with Gasteiger partial charge in [-0.15, -0.1) is 0 Å². The van der Waals surface area contributed by atoms with Gasteiger partial charge >= 0.3 is 0 Å². The van der Waals surface area contributed by atoms with E-state index in [1.165, 1.54) is 51.4 Å². The summed E-state index contributed by atoms with van der Waals surface area (Å²) in [5.74, 6) is -0.696. The fourth-order valence-electron chi connectivity index (χ4n) is 3.21. The first-order valence-corrected chi connectivity index (χ1v) is 9.16. The first-order valence-electron chi connectivity index (χ1n) is 9.16. The summed E-state index contributed by atoms with van der Waals surface area (Å²) in [6, 6.07) is 0. The second-order valence-electron chi connectivity index (χ2n) is 6.98. The van der Waals surface area contributed by atoms with Gasteiger partial charge in [0.15, 0.2) is 0 Å². The topological polar surface area (TPSA) is 27.7 Å². The van der Waals surface area contributed by atoms with Gasteiger partial charge < -0.3 is 14.2 Å². The van der Waals surface area contributed by atoms with Crippen molar-refractivity contribution in [2.24, 2.45) is 5.41 Å². The molecular weight excluding hydrogens is 264 g/mol. The van der Waals surface area contributed by atoms with Crippen LogP contribution in [0.4, 0.5) is 0 Å². The van der Waals surface area contributed by atoms with Crippen molar-refractivity contribution in [1.82, 2.24) is 0 Å². The molecule has 0 atom stereocenters. The highest BCUT2D eigenvalue weighted by molar-refractivity contribution is 4.87. The molecule has 0 aliphatic carbocycles. The van der Waals surface area contributed by atoms with Crippen molar-refractivity contribution in [2.75, 3.05) is 19.8 Å². The van der Waals surface area contributed by atoms with Crippen LogP contribution in [0.5, 0.6) is 0 Å². The average Bonchev–Trinajstić information content (AvgIpc) is 2.55. The van der Waals surface area contributed by atoms with E-state index in [1.807, 2.05) is 0 Å². The molecule has 3 aliphatic heterocycles. The molecule has 0 aromatic heterocycles. The second-order valence-corrected chi connectivity index (χ2v) is 6.98. The number of hydrogen-bond acceptors (Lipinski definition) is 3. The van der Waals surface area contributed by atoms with E-state index in [4.69, 9.17) is 14.2 Å². The Labute approximate surface area is 130 Å². The van der Waals surface area contributed by atoms with E-state index in [1.54, 1.807) is 0 Å². The molecule has 3 nitrogen and oxygen atoms in total. The van der Waals surface area contributed by atoms with Crippen molar-refractivity contribution in [2.45, 2.75) is 90.4 Å². The minimum Gasteiger partial charge on any atom is -0.327 e. The van der Waals surface area contributed by atoms with Crippen molar-refractivity contribution in [1.29, 1.82) is 0 Å². The van der Waals surface area contributed by atoms with Crippen LogP contribution in [0.1, 0.15) is 84.5 Å². The Bertz CT molecular complexity index is 266. The highest BCUT2D eigenvalue weighted by Crippen LogP contribution is 2.42. The predicted molar refractivity (Wildman–Crippen MR) is 85.2 cm³/mol. The maximum absolute atomic E-state index is 5.89. The summed E-state index contributed by atoms with van der Waals surface area (Å²) in [6.07, 6.45) is 14.0. The Kier molecular flexibility index (Phi) is 6.97. The predicted octanol–water partition coefficient (Wildman–Crippen LogP) is 5.03. The van der Waals surface area contributed by atoms with E-state index < -0.39 is 5.97 Å². The Morgan fingerprint density at radius 2 is 1.14 bits per heavy atom. The number of rotatable bonds is 11. The minimum absolute atomic E-state index is 0.125. The number of fused-ring (bicyclic) bond motifs is 3. The van der Waals surface area contributed by atoms with E-state index in [-0.39, 0.29) is 5.41 Å². The SMILES string of the molecule is CCCCCCCCCCCC12OCC(CC)(CO1)CO2. The summed E-state index contributed by atoms with van der Waals surface area (Å²) in [6.45, 7) is 6.88. The highest BCUT2D eigenvalue weighted by Gasteiger charge is 2.51. The third kappa shape index (κ3) is 4.94. The summed E-state index contributed by atoms with van der Waals surface area (Å²) in [7, 11) is 0. The molecule has 3 rings (SSSR count). The Balaban J connectivity index is 1.50. The molecule has 0 spiro atoms. The van der Waals surface area contributed by atoms with Crippen LogP contribution in [0.2, 0.25) is 0 Å². The minimum atomic E-state index is -0.696. The van der Waals surface area contributed by atoms with Gasteiger partial charge in [0.25, 0.3) is 5.97 Å². The Hall–Kier alpha value is -0.120. The molecule has 124 valence electrons. The maximum Gasteiger partial charge on any atom is 0.282 e. The Morgan fingerprint density at radius 1 is 0.667 bits per heavy atom. The van der Waals surface area contributed by atoms with Crippen LogP contribution in [0.25, 0.3) is 0 Å². The lowest BCUT2D eigenvalue weighted by Gasteiger charge is -2.51. The molecule has 0 amide bonds. The molecule has 3 heteroatoms. The molecule has 0 N–H and O–H groups in total. The standard InChI is InChI=1S/C18H34O3/c1-3-5-6-7-8-9-10-11-12-13-18-19-14-17(4-2,15-20-18)16-21-18/h3-16H2,1-2H3. The molecule has 0 aromatic carbocycles. The summed E-state index contributed by atoms with van der Waals surface area (Å²) in [5.41, 5.74) is 0.125. The zero-order valence-electron chi connectivity index (χ0n) is 14.1. The fourth-order valence-corrected chi connectivity index (χ4v) is 3.21. The van der Waals surface area contributed by atoms with E-state index in [2.05, 4.69) is 13.8 Å². The average molecular weight is 298 g/mol. The van der Waals surface area contributed by atoms with Crippen molar-refractivity contribution >= 4 is 0 Å². The van der Waals surface area contributed by atoms with Crippen LogP contribution < -0.4 is 0 Å². The fraction of sp³-hybridized carbons (Fsp3) is 1.00. The smallest absolute Gasteiger partial charge is 0.282 e. The molecule has 0 saturated carbocycles. The van der Waals surface area contributed by atoms with Crippen LogP contribution in [-0.2, 0) is 14.2 Å². The van der Waals surface area contributed by atoms with Gasteiger partial charge in [-0.05, 0) is 12.8 Å². The molecule has 21 heavy (non-hydrogen) atoms. The molecule has 0 radical (unpaired) electrons. The van der Waals surface area contributed by atoms with Gasteiger partial charge in [0.05, 0.1) is 19.8 Å². The first-order chi connectivity index (χ1) is 10.2. The second kappa shape index (κ2) is 8.50. The van der Waals surface area contributed by atoms with E-state index in [9.17, 15) is 0 Å². The zero-order chi connectivity index (χ0) is 15.0. The van der Waals surface area contributed by atoms with Gasteiger partial charge in [0, 0.05) is 11.8 Å². The molecule has 0 unspecified atom stereocenters. The quantitative estimate of drug-likeness (QED) is 0.500. The van der Waals surface area contributed by atoms with Gasteiger partial charge in [-0.1, -0.05) is 65.2 Å².